The fourth-order valence-electron chi connectivity index (χ4n) is 2.66. The molecule has 2 N–H and O–H groups in total. The summed E-state index contributed by atoms with van der Waals surface area (Å²) >= 11 is 18.5. The summed E-state index contributed by atoms with van der Waals surface area (Å²) in [6.07, 6.45) is 0. The molecule has 152 valence electrons. The highest BCUT2D eigenvalue weighted by Crippen LogP contribution is 2.35. The van der Waals surface area contributed by atoms with Gasteiger partial charge in [-0.1, -0.05) is 40.9 Å². The van der Waals surface area contributed by atoms with Crippen LogP contribution in [0, 0.1) is 0 Å². The minimum absolute atomic E-state index is 0.218. The second kappa shape index (κ2) is 9.97. The molecule has 7 heteroatoms. The Labute approximate surface area is 184 Å². The molecule has 0 aliphatic carbocycles. The zero-order valence-electron chi connectivity index (χ0n) is 15.7. The van der Waals surface area contributed by atoms with E-state index in [1.165, 1.54) is 0 Å². The minimum atomic E-state index is 0.218. The number of hydrogen-bond acceptors (Lipinski definition) is 4. The number of benzene rings is 3. The lowest BCUT2D eigenvalue weighted by Gasteiger charge is -2.16. The number of phenolic OH excluding ortho intramolecular Hbond substituents is 1. The van der Waals surface area contributed by atoms with Gasteiger partial charge in [-0.05, 0) is 60.5 Å². The van der Waals surface area contributed by atoms with Crippen LogP contribution in [0.15, 0.2) is 54.6 Å². The number of phenols is 1. The summed E-state index contributed by atoms with van der Waals surface area (Å²) < 4.78 is 11.7. The molecule has 0 heterocycles. The second-order valence-corrected chi connectivity index (χ2v) is 7.48. The average molecular weight is 453 g/mol. The second-order valence-electron chi connectivity index (χ2n) is 6.26. The number of hydrogen-bond donors (Lipinski definition) is 2. The van der Waals surface area contributed by atoms with Crippen LogP contribution >= 0.6 is 34.8 Å². The zero-order chi connectivity index (χ0) is 20.8. The largest absolute Gasteiger partial charge is 0.508 e. The van der Waals surface area contributed by atoms with Crippen molar-refractivity contribution >= 4 is 40.5 Å². The van der Waals surface area contributed by atoms with Crippen molar-refractivity contribution in [3.8, 4) is 17.2 Å². The van der Waals surface area contributed by atoms with Gasteiger partial charge in [0.2, 0.25) is 0 Å². The maximum absolute atomic E-state index is 9.38. The van der Waals surface area contributed by atoms with E-state index < -0.39 is 0 Å². The Kier molecular flexibility index (Phi) is 7.37. The van der Waals surface area contributed by atoms with Crippen molar-refractivity contribution in [3.63, 3.8) is 0 Å². The fourth-order valence-corrected chi connectivity index (χ4v) is 3.20. The number of nitrogens with one attached hydrogen (secondary N) is 1. The van der Waals surface area contributed by atoms with Crippen LogP contribution in [0.3, 0.4) is 0 Å². The zero-order valence-corrected chi connectivity index (χ0v) is 18.0. The number of halogens is 3. The summed E-state index contributed by atoms with van der Waals surface area (Å²) in [7, 11) is 0. The van der Waals surface area contributed by atoms with Crippen LogP contribution in [-0.4, -0.2) is 11.7 Å². The van der Waals surface area contributed by atoms with E-state index in [1.54, 1.807) is 42.5 Å². The van der Waals surface area contributed by atoms with E-state index in [0.29, 0.717) is 46.3 Å². The third-order valence-electron chi connectivity index (χ3n) is 4.14. The predicted octanol–water partition coefficient (Wildman–Crippen LogP) is 6.94. The van der Waals surface area contributed by atoms with E-state index in [4.69, 9.17) is 44.3 Å². The van der Waals surface area contributed by atoms with E-state index in [9.17, 15) is 5.11 Å². The maximum atomic E-state index is 9.38. The van der Waals surface area contributed by atoms with E-state index in [-0.39, 0.29) is 5.75 Å². The smallest absolute Gasteiger partial charge is 0.163 e. The monoisotopic (exact) mass is 451 g/mol. The highest BCUT2D eigenvalue weighted by molar-refractivity contribution is 6.42. The third-order valence-corrected chi connectivity index (χ3v) is 5.23. The molecule has 0 radical (unpaired) electrons. The first kappa shape index (κ1) is 21.4. The number of ether oxygens (including phenoxy) is 2. The molecule has 0 unspecified atom stereocenters. The van der Waals surface area contributed by atoms with Crippen LogP contribution in [0.1, 0.15) is 18.1 Å². The summed E-state index contributed by atoms with van der Waals surface area (Å²) in [5, 5.41) is 14.2. The van der Waals surface area contributed by atoms with Gasteiger partial charge in [0.1, 0.15) is 12.4 Å². The molecule has 0 aromatic heterocycles. The fraction of sp³-hybridized carbons (Fsp3) is 0.182. The first-order valence-electron chi connectivity index (χ1n) is 9.01. The molecule has 3 rings (SSSR count). The lowest BCUT2D eigenvalue weighted by molar-refractivity contribution is 0.269. The van der Waals surface area contributed by atoms with Crippen LogP contribution in [0.2, 0.25) is 15.1 Å². The van der Waals surface area contributed by atoms with Gasteiger partial charge in [0.25, 0.3) is 0 Å². The van der Waals surface area contributed by atoms with Crippen molar-refractivity contribution in [3.05, 3.63) is 80.8 Å². The van der Waals surface area contributed by atoms with Crippen LogP contribution in [0.5, 0.6) is 17.2 Å². The summed E-state index contributed by atoms with van der Waals surface area (Å²) in [6, 6.07) is 15.8. The van der Waals surface area contributed by atoms with Crippen LogP contribution < -0.4 is 14.8 Å². The molecule has 0 fully saturated rings. The van der Waals surface area contributed by atoms with Crippen molar-refractivity contribution in [2.24, 2.45) is 0 Å². The first-order chi connectivity index (χ1) is 14.0. The van der Waals surface area contributed by atoms with Crippen LogP contribution in [-0.2, 0) is 13.2 Å². The number of rotatable bonds is 8. The lowest BCUT2D eigenvalue weighted by Crippen LogP contribution is -2.04. The topological polar surface area (TPSA) is 50.7 Å². The Balaban J connectivity index is 1.74. The highest BCUT2D eigenvalue weighted by atomic mass is 35.5. The lowest BCUT2D eigenvalue weighted by atomic mass is 10.2. The average Bonchev–Trinajstić information content (AvgIpc) is 2.70. The molecule has 4 nitrogen and oxygen atoms in total. The molecule has 29 heavy (non-hydrogen) atoms. The molecule has 0 aliphatic rings. The van der Waals surface area contributed by atoms with Gasteiger partial charge in [0, 0.05) is 23.3 Å². The van der Waals surface area contributed by atoms with Crippen molar-refractivity contribution < 1.29 is 14.6 Å². The van der Waals surface area contributed by atoms with Gasteiger partial charge in [-0.2, -0.15) is 0 Å². The minimum Gasteiger partial charge on any atom is -0.508 e. The molecule has 0 amide bonds. The highest BCUT2D eigenvalue weighted by Gasteiger charge is 2.12. The number of anilines is 1. The predicted molar refractivity (Wildman–Crippen MR) is 119 cm³/mol. The maximum Gasteiger partial charge on any atom is 0.163 e. The van der Waals surface area contributed by atoms with E-state index in [2.05, 4.69) is 5.32 Å². The standard InChI is InChI=1S/C22H20Cl3NO3/c1-2-28-21-10-15(12-26-16-4-6-17(27)7-5-16)19(24)11-22(21)29-13-14-3-8-18(23)20(25)9-14/h3-11,26-27H,2,12-13H2,1H3. The van der Waals surface area contributed by atoms with Gasteiger partial charge in [0.15, 0.2) is 11.5 Å². The number of aromatic hydroxyl groups is 1. The molecule has 0 atom stereocenters. The van der Waals surface area contributed by atoms with Crippen molar-refractivity contribution in [1.29, 1.82) is 0 Å². The van der Waals surface area contributed by atoms with Crippen molar-refractivity contribution in [2.45, 2.75) is 20.1 Å². The first-order valence-corrected chi connectivity index (χ1v) is 10.1. The molecule has 0 aliphatic heterocycles. The molecule has 0 spiro atoms. The molecule has 3 aromatic carbocycles. The Morgan fingerprint density at radius 3 is 2.24 bits per heavy atom. The summed E-state index contributed by atoms with van der Waals surface area (Å²) in [5.74, 6) is 1.38. The molecular formula is C22H20Cl3NO3. The third kappa shape index (κ3) is 5.86. The summed E-state index contributed by atoms with van der Waals surface area (Å²) in [6.45, 7) is 3.20. The van der Waals surface area contributed by atoms with Crippen LogP contribution in [0.25, 0.3) is 0 Å². The molecule has 0 saturated heterocycles. The molecular weight excluding hydrogens is 433 g/mol. The van der Waals surface area contributed by atoms with Crippen LogP contribution in [0.4, 0.5) is 5.69 Å². The van der Waals surface area contributed by atoms with Gasteiger partial charge >= 0.3 is 0 Å². The SMILES string of the molecule is CCOc1cc(CNc2ccc(O)cc2)c(Cl)cc1OCc1ccc(Cl)c(Cl)c1. The summed E-state index contributed by atoms with van der Waals surface area (Å²) in [4.78, 5) is 0. The van der Waals surface area contributed by atoms with E-state index >= 15 is 0 Å². The van der Waals surface area contributed by atoms with Gasteiger partial charge in [-0.25, -0.2) is 0 Å². The van der Waals surface area contributed by atoms with Gasteiger partial charge in [-0.15, -0.1) is 0 Å². The van der Waals surface area contributed by atoms with E-state index in [0.717, 1.165) is 16.8 Å². The molecule has 0 saturated carbocycles. The normalized spacial score (nSPS) is 10.6. The Bertz CT molecular complexity index is 978. The molecule has 3 aromatic rings. The van der Waals surface area contributed by atoms with Gasteiger partial charge < -0.3 is 19.9 Å². The molecule has 0 bridgehead atoms. The Morgan fingerprint density at radius 2 is 1.55 bits per heavy atom. The van der Waals surface area contributed by atoms with E-state index in [1.807, 2.05) is 19.1 Å². The van der Waals surface area contributed by atoms with Gasteiger partial charge in [-0.3, -0.25) is 0 Å². The summed E-state index contributed by atoms with van der Waals surface area (Å²) in [5.41, 5.74) is 2.62. The van der Waals surface area contributed by atoms with Gasteiger partial charge in [0.05, 0.1) is 16.7 Å². The Hall–Kier alpha value is -2.27. The van der Waals surface area contributed by atoms with Crippen molar-refractivity contribution in [1.82, 2.24) is 0 Å². The Morgan fingerprint density at radius 1 is 0.828 bits per heavy atom. The van der Waals surface area contributed by atoms with Crippen molar-refractivity contribution in [2.75, 3.05) is 11.9 Å². The quantitative estimate of drug-likeness (QED) is 0.363.